The van der Waals surface area contributed by atoms with E-state index in [4.69, 9.17) is 18.9 Å². The number of rotatable bonds is 6. The van der Waals surface area contributed by atoms with E-state index in [9.17, 15) is 9.90 Å². The van der Waals surface area contributed by atoms with Gasteiger partial charge in [0, 0.05) is 36.4 Å². The molecule has 8 heteroatoms. The number of benzene rings is 2. The number of fused-ring (bicyclic) bond motifs is 1. The molecule has 2 aromatic rings. The summed E-state index contributed by atoms with van der Waals surface area (Å²) >= 11 is 0. The smallest absolute Gasteiger partial charge is 0.270 e. The van der Waals surface area contributed by atoms with Gasteiger partial charge in [0.25, 0.3) is 5.91 Å². The van der Waals surface area contributed by atoms with Crippen LogP contribution in [0.4, 0.5) is 5.69 Å². The van der Waals surface area contributed by atoms with E-state index in [0.29, 0.717) is 28.3 Å². The van der Waals surface area contributed by atoms with Crippen molar-refractivity contribution in [1.29, 1.82) is 0 Å². The molecule has 1 amide bonds. The van der Waals surface area contributed by atoms with Crippen LogP contribution in [0, 0.1) is 0 Å². The average Bonchev–Trinajstić information content (AvgIpc) is 2.80. The molecule has 0 bridgehead atoms. The van der Waals surface area contributed by atoms with Gasteiger partial charge in [-0.05, 0) is 29.8 Å². The first-order chi connectivity index (χ1) is 15.1. The number of morpholine rings is 1. The minimum absolute atomic E-state index is 0.0764. The molecule has 2 aliphatic heterocycles. The molecule has 0 aromatic heterocycles. The number of hydrogen-bond donors (Lipinski definition) is 2. The van der Waals surface area contributed by atoms with Crippen LogP contribution < -0.4 is 14.8 Å². The van der Waals surface area contributed by atoms with E-state index in [1.165, 1.54) is 26.0 Å². The third-order valence-corrected chi connectivity index (χ3v) is 5.40. The molecular weight excluding hydrogens is 400 g/mol. The quantitative estimate of drug-likeness (QED) is 0.734. The van der Waals surface area contributed by atoms with Crippen molar-refractivity contribution in [1.82, 2.24) is 4.90 Å². The Morgan fingerprint density at radius 1 is 1.13 bits per heavy atom. The molecule has 1 fully saturated rings. The first-order valence-corrected chi connectivity index (χ1v) is 10.1. The lowest BCUT2D eigenvalue weighted by Crippen LogP contribution is -2.35. The zero-order chi connectivity index (χ0) is 21.8. The summed E-state index contributed by atoms with van der Waals surface area (Å²) in [6.45, 7) is 4.22. The number of anilines is 1. The van der Waals surface area contributed by atoms with Crippen LogP contribution in [0.2, 0.25) is 0 Å². The van der Waals surface area contributed by atoms with Gasteiger partial charge in [0.05, 0.1) is 27.4 Å². The summed E-state index contributed by atoms with van der Waals surface area (Å²) in [4.78, 5) is 15.3. The van der Waals surface area contributed by atoms with E-state index in [1.807, 2.05) is 24.3 Å². The van der Waals surface area contributed by atoms with Gasteiger partial charge in [0.2, 0.25) is 6.10 Å². The van der Waals surface area contributed by atoms with Crippen molar-refractivity contribution in [3.05, 3.63) is 59.4 Å². The van der Waals surface area contributed by atoms with Crippen LogP contribution in [0.5, 0.6) is 11.5 Å². The Morgan fingerprint density at radius 2 is 1.81 bits per heavy atom. The predicted molar refractivity (Wildman–Crippen MR) is 115 cm³/mol. The maximum Gasteiger partial charge on any atom is 0.270 e. The molecule has 1 unspecified atom stereocenters. The molecule has 2 aliphatic rings. The Hall–Kier alpha value is -3.23. The van der Waals surface area contributed by atoms with Gasteiger partial charge in [-0.25, -0.2) is 0 Å². The highest BCUT2D eigenvalue weighted by molar-refractivity contribution is 5.96. The maximum absolute atomic E-state index is 13.0. The molecule has 1 atom stereocenters. The third-order valence-electron chi connectivity index (χ3n) is 5.40. The van der Waals surface area contributed by atoms with Crippen LogP contribution in [0.1, 0.15) is 22.8 Å². The van der Waals surface area contributed by atoms with E-state index >= 15 is 0 Å². The fraction of sp³-hybridized carbons (Fsp3) is 0.348. The summed E-state index contributed by atoms with van der Waals surface area (Å²) < 4.78 is 21.5. The summed E-state index contributed by atoms with van der Waals surface area (Å²) in [5.41, 5.74) is 2.80. The number of aliphatic hydroxyl groups is 1. The van der Waals surface area contributed by atoms with Gasteiger partial charge >= 0.3 is 0 Å². The minimum Gasteiger partial charge on any atom is -0.504 e. The predicted octanol–water partition coefficient (Wildman–Crippen LogP) is 3.10. The van der Waals surface area contributed by atoms with Crippen LogP contribution >= 0.6 is 0 Å². The summed E-state index contributed by atoms with van der Waals surface area (Å²) in [5, 5.41) is 13.1. The Labute approximate surface area is 181 Å². The zero-order valence-corrected chi connectivity index (χ0v) is 17.6. The van der Waals surface area contributed by atoms with Crippen molar-refractivity contribution < 1.29 is 28.8 Å². The first kappa shape index (κ1) is 21.0. The topological polar surface area (TPSA) is 89.5 Å². The molecule has 4 rings (SSSR count). The van der Waals surface area contributed by atoms with Crippen molar-refractivity contribution in [3.63, 3.8) is 0 Å². The molecular formula is C23H26N2O6. The van der Waals surface area contributed by atoms with Crippen molar-refractivity contribution in [2.45, 2.75) is 12.6 Å². The van der Waals surface area contributed by atoms with E-state index in [-0.39, 0.29) is 11.7 Å². The Morgan fingerprint density at radius 3 is 2.48 bits per heavy atom. The maximum atomic E-state index is 13.0. The Balaban J connectivity index is 1.48. The second-order valence-electron chi connectivity index (χ2n) is 7.39. The summed E-state index contributed by atoms with van der Waals surface area (Å²) in [7, 11) is 3.02. The molecule has 0 saturated carbocycles. The molecule has 2 heterocycles. The van der Waals surface area contributed by atoms with Gasteiger partial charge in [0.15, 0.2) is 17.3 Å². The molecule has 0 radical (unpaired) electrons. The van der Waals surface area contributed by atoms with Crippen LogP contribution in [0.25, 0.3) is 5.76 Å². The van der Waals surface area contributed by atoms with Crippen molar-refractivity contribution in [2.75, 3.05) is 45.8 Å². The summed E-state index contributed by atoms with van der Waals surface area (Å²) in [6.07, 6.45) is 0.239. The van der Waals surface area contributed by atoms with Crippen molar-refractivity contribution in [2.24, 2.45) is 0 Å². The number of methoxy groups -OCH3 is 2. The minimum atomic E-state index is -0.932. The zero-order valence-electron chi connectivity index (χ0n) is 17.6. The number of nitrogens with zero attached hydrogens (tertiary/aromatic N) is 1. The van der Waals surface area contributed by atoms with Crippen molar-refractivity contribution in [3.8, 4) is 11.5 Å². The summed E-state index contributed by atoms with van der Waals surface area (Å²) in [6, 6.07) is 11.0. The number of ether oxygens (including phenoxy) is 4. The summed E-state index contributed by atoms with van der Waals surface area (Å²) in [5.74, 6) is 0.480. The highest BCUT2D eigenvalue weighted by Gasteiger charge is 2.31. The lowest BCUT2D eigenvalue weighted by Gasteiger charge is -2.26. The second-order valence-corrected chi connectivity index (χ2v) is 7.39. The molecule has 8 nitrogen and oxygen atoms in total. The van der Waals surface area contributed by atoms with Gasteiger partial charge in [-0.3, -0.25) is 9.69 Å². The van der Waals surface area contributed by atoms with E-state index in [0.717, 1.165) is 32.8 Å². The average molecular weight is 426 g/mol. The van der Waals surface area contributed by atoms with E-state index in [2.05, 4.69) is 10.2 Å². The van der Waals surface area contributed by atoms with Crippen LogP contribution in [0.15, 0.2) is 42.7 Å². The molecule has 0 spiro atoms. The Kier molecular flexibility index (Phi) is 6.29. The molecule has 2 aromatic carbocycles. The van der Waals surface area contributed by atoms with Crippen LogP contribution in [-0.4, -0.2) is 56.4 Å². The number of nitrogens with one attached hydrogen (secondary N) is 1. The molecule has 0 aliphatic carbocycles. The largest absolute Gasteiger partial charge is 0.504 e. The van der Waals surface area contributed by atoms with Crippen LogP contribution in [0.3, 0.4) is 0 Å². The Bertz CT molecular complexity index is 967. The highest BCUT2D eigenvalue weighted by Crippen LogP contribution is 2.39. The highest BCUT2D eigenvalue weighted by atomic mass is 16.5. The molecule has 1 saturated heterocycles. The van der Waals surface area contributed by atoms with Gasteiger partial charge in [0.1, 0.15) is 6.26 Å². The number of aliphatic hydroxyl groups excluding tert-OH is 1. The van der Waals surface area contributed by atoms with Crippen LogP contribution in [-0.2, 0) is 20.8 Å². The standard InChI is InChI=1S/C23H26N2O6/c1-28-20-11-17-18(12-21(20)29-2)22(31-14-19(17)26)23(27)24-16-5-3-15(4-6-16)13-25-7-9-30-10-8-25/h3-6,11-12,14,22,26H,7-10,13H2,1-2H3,(H,24,27). The normalized spacial score (nSPS) is 18.4. The van der Waals surface area contributed by atoms with E-state index in [1.54, 1.807) is 12.1 Å². The molecule has 31 heavy (non-hydrogen) atoms. The number of hydrogen-bond acceptors (Lipinski definition) is 7. The number of amides is 1. The fourth-order valence-electron chi connectivity index (χ4n) is 3.72. The number of carbonyl (C=O) groups is 1. The van der Waals surface area contributed by atoms with Gasteiger partial charge in [-0.2, -0.15) is 0 Å². The van der Waals surface area contributed by atoms with Crippen molar-refractivity contribution >= 4 is 17.4 Å². The van der Waals surface area contributed by atoms with Gasteiger partial charge < -0.3 is 29.4 Å². The SMILES string of the molecule is COc1cc2c(cc1OC)C(C(=O)Nc1ccc(CN3CCOCC3)cc1)OC=C2O. The second kappa shape index (κ2) is 9.28. The first-order valence-electron chi connectivity index (χ1n) is 10.1. The lowest BCUT2D eigenvalue weighted by molar-refractivity contribution is -0.124. The third kappa shape index (κ3) is 4.60. The van der Waals surface area contributed by atoms with Gasteiger partial charge in [-0.1, -0.05) is 12.1 Å². The number of carbonyl (C=O) groups excluding carboxylic acids is 1. The van der Waals surface area contributed by atoms with E-state index < -0.39 is 6.10 Å². The lowest BCUT2D eigenvalue weighted by atomic mass is 9.97. The molecule has 164 valence electrons. The fourth-order valence-corrected chi connectivity index (χ4v) is 3.72. The van der Waals surface area contributed by atoms with Gasteiger partial charge in [-0.15, -0.1) is 0 Å². The monoisotopic (exact) mass is 426 g/mol. The molecule has 2 N–H and O–H groups in total.